The number of amides is 2. The van der Waals surface area contributed by atoms with Crippen molar-refractivity contribution >= 4 is 35.1 Å². The van der Waals surface area contributed by atoms with Gasteiger partial charge in [0.15, 0.2) is 11.5 Å². The van der Waals surface area contributed by atoms with E-state index in [4.69, 9.17) is 21.6 Å². The van der Waals surface area contributed by atoms with Crippen LogP contribution in [-0.2, 0) is 16.6 Å². The van der Waals surface area contributed by atoms with Crippen molar-refractivity contribution in [1.29, 1.82) is 5.26 Å². The van der Waals surface area contributed by atoms with Gasteiger partial charge < -0.3 is 10.1 Å². The minimum Gasteiger partial charge on any atom is -0.441 e. The third kappa shape index (κ3) is 5.10. The maximum absolute atomic E-state index is 12.6. The monoisotopic (exact) mass is 493 g/mol. The highest BCUT2D eigenvalue weighted by Crippen LogP contribution is 2.45. The van der Waals surface area contributed by atoms with Crippen LogP contribution in [0.1, 0.15) is 38.4 Å². The summed E-state index contributed by atoms with van der Waals surface area (Å²) >= 11 is 6.19. The molecule has 1 atom stereocenters. The molecular formula is C24H24ClN7O3. The van der Waals surface area contributed by atoms with Gasteiger partial charge in [-0.05, 0) is 38.0 Å². The highest BCUT2D eigenvalue weighted by atomic mass is 35.5. The SMILES string of the molecule is C[C@@H](OC(=O)Nc1c(-c2ccc(NC(=O)[C@]3(C)C[C@H](C#N)C3)cn2)nnn1C)c1ccccc1Cl. The molecule has 2 N–H and O–H groups in total. The number of carbonyl (C=O) groups is 2. The Morgan fingerprint density at radius 2 is 2.00 bits per heavy atom. The third-order valence-electron chi connectivity index (χ3n) is 6.06. The fourth-order valence-electron chi connectivity index (χ4n) is 4.02. The van der Waals surface area contributed by atoms with Gasteiger partial charge >= 0.3 is 6.09 Å². The van der Waals surface area contributed by atoms with Gasteiger partial charge in [0.25, 0.3) is 0 Å². The van der Waals surface area contributed by atoms with E-state index in [0.717, 1.165) is 0 Å². The normalized spacial score (nSPS) is 19.7. The quantitative estimate of drug-likeness (QED) is 0.507. The Kier molecular flexibility index (Phi) is 6.71. The van der Waals surface area contributed by atoms with E-state index >= 15 is 0 Å². The molecule has 1 saturated carbocycles. The van der Waals surface area contributed by atoms with Crippen molar-refractivity contribution in [2.24, 2.45) is 18.4 Å². The van der Waals surface area contributed by atoms with Crippen molar-refractivity contribution in [3.63, 3.8) is 0 Å². The predicted octanol–water partition coefficient (Wildman–Crippen LogP) is 4.72. The van der Waals surface area contributed by atoms with Crippen molar-refractivity contribution in [3.8, 4) is 17.5 Å². The second-order valence-corrected chi connectivity index (χ2v) is 9.19. The van der Waals surface area contributed by atoms with Crippen LogP contribution >= 0.6 is 11.6 Å². The smallest absolute Gasteiger partial charge is 0.413 e. The molecule has 0 spiro atoms. The fourth-order valence-corrected chi connectivity index (χ4v) is 4.31. The lowest BCUT2D eigenvalue weighted by molar-refractivity contribution is -0.130. The first kappa shape index (κ1) is 24.2. The van der Waals surface area contributed by atoms with E-state index in [9.17, 15) is 9.59 Å². The van der Waals surface area contributed by atoms with E-state index in [1.807, 2.05) is 13.0 Å². The molecular weight excluding hydrogens is 470 g/mol. The third-order valence-corrected chi connectivity index (χ3v) is 6.41. The Balaban J connectivity index is 1.42. The summed E-state index contributed by atoms with van der Waals surface area (Å²) in [7, 11) is 1.63. The van der Waals surface area contributed by atoms with E-state index in [-0.39, 0.29) is 11.8 Å². The zero-order valence-electron chi connectivity index (χ0n) is 19.4. The minimum atomic E-state index is -0.697. The molecule has 0 bridgehead atoms. The molecule has 2 amide bonds. The van der Waals surface area contributed by atoms with Crippen molar-refractivity contribution in [2.75, 3.05) is 10.6 Å². The van der Waals surface area contributed by atoms with Gasteiger partial charge in [0, 0.05) is 29.0 Å². The Hall–Kier alpha value is -3.97. The molecule has 35 heavy (non-hydrogen) atoms. The van der Waals surface area contributed by atoms with Gasteiger partial charge in [0.2, 0.25) is 5.91 Å². The number of benzene rings is 1. The van der Waals surface area contributed by atoms with Crippen molar-refractivity contribution in [1.82, 2.24) is 20.0 Å². The Labute approximate surface area is 207 Å². The summed E-state index contributed by atoms with van der Waals surface area (Å²) in [4.78, 5) is 29.5. The first-order valence-electron chi connectivity index (χ1n) is 11.0. The summed E-state index contributed by atoms with van der Waals surface area (Å²) in [5, 5.41) is 23.1. The first-order chi connectivity index (χ1) is 16.7. The van der Waals surface area contributed by atoms with Gasteiger partial charge in [-0.15, -0.1) is 5.10 Å². The second kappa shape index (κ2) is 9.72. The predicted molar refractivity (Wildman–Crippen MR) is 129 cm³/mol. The molecule has 1 aliphatic carbocycles. The highest BCUT2D eigenvalue weighted by molar-refractivity contribution is 6.31. The first-order valence-corrected chi connectivity index (χ1v) is 11.4. The molecule has 11 heteroatoms. The van der Waals surface area contributed by atoms with Crippen LogP contribution in [0.4, 0.5) is 16.3 Å². The Morgan fingerprint density at radius 1 is 1.26 bits per heavy atom. The summed E-state index contributed by atoms with van der Waals surface area (Å²) < 4.78 is 6.87. The topological polar surface area (TPSA) is 135 Å². The number of nitrogens with zero attached hydrogens (tertiary/aromatic N) is 5. The molecule has 0 radical (unpaired) electrons. The zero-order chi connectivity index (χ0) is 25.2. The van der Waals surface area contributed by atoms with Crippen molar-refractivity contribution in [2.45, 2.75) is 32.8 Å². The van der Waals surface area contributed by atoms with Crippen LogP contribution in [-0.4, -0.2) is 32.0 Å². The van der Waals surface area contributed by atoms with Gasteiger partial charge in [-0.3, -0.25) is 15.1 Å². The van der Waals surface area contributed by atoms with Crippen molar-refractivity contribution < 1.29 is 14.3 Å². The lowest BCUT2D eigenvalue weighted by atomic mass is 9.63. The summed E-state index contributed by atoms with van der Waals surface area (Å²) in [6, 6.07) is 12.7. The largest absolute Gasteiger partial charge is 0.441 e. The minimum absolute atomic E-state index is 0.0758. The Bertz CT molecular complexity index is 1290. The van der Waals surface area contributed by atoms with Gasteiger partial charge in [0.05, 0.1) is 23.6 Å². The summed E-state index contributed by atoms with van der Waals surface area (Å²) in [5.41, 5.74) is 1.45. The number of hydrogen-bond donors (Lipinski definition) is 2. The Morgan fingerprint density at radius 3 is 2.66 bits per heavy atom. The van der Waals surface area contributed by atoms with Gasteiger partial charge in [-0.1, -0.05) is 41.9 Å². The van der Waals surface area contributed by atoms with Crippen LogP contribution < -0.4 is 10.6 Å². The number of carbonyl (C=O) groups excluding carboxylic acids is 2. The van der Waals surface area contributed by atoms with E-state index in [1.54, 1.807) is 44.3 Å². The number of nitriles is 1. The van der Waals surface area contributed by atoms with Crippen LogP contribution in [0, 0.1) is 22.7 Å². The standard InChI is InChI=1S/C24H24ClN7O3/c1-14(17-6-4-5-7-18(17)25)35-23(34)29-21-20(30-31-32(21)3)19-9-8-16(13-27-19)28-22(33)24(2)10-15(11-24)12-26/h4-9,13-15H,10-11H2,1-3H3,(H,28,33)(H,29,34)/t14-,15-,24+/m1/s1. The molecule has 0 aliphatic heterocycles. The molecule has 180 valence electrons. The molecule has 0 unspecified atom stereocenters. The number of pyridine rings is 1. The van der Waals surface area contributed by atoms with Gasteiger partial charge in [0.1, 0.15) is 6.10 Å². The lowest BCUT2D eigenvalue weighted by Gasteiger charge is -2.40. The molecule has 2 heterocycles. The van der Waals surface area contributed by atoms with E-state index in [2.05, 4.69) is 32.0 Å². The maximum Gasteiger partial charge on any atom is 0.413 e. The molecule has 3 aromatic rings. The van der Waals surface area contributed by atoms with Crippen molar-refractivity contribution in [3.05, 3.63) is 53.2 Å². The van der Waals surface area contributed by atoms with Crippen LogP contribution in [0.25, 0.3) is 11.4 Å². The average Bonchev–Trinajstić information content (AvgIpc) is 3.17. The van der Waals surface area contributed by atoms with Crippen LogP contribution in [0.2, 0.25) is 5.02 Å². The number of anilines is 2. The number of halogens is 1. The molecule has 2 aromatic heterocycles. The van der Waals surface area contributed by atoms with Crippen LogP contribution in [0.5, 0.6) is 0 Å². The number of hydrogen-bond acceptors (Lipinski definition) is 7. The average molecular weight is 494 g/mol. The van der Waals surface area contributed by atoms with Crippen LogP contribution in [0.15, 0.2) is 42.6 Å². The second-order valence-electron chi connectivity index (χ2n) is 8.79. The molecule has 10 nitrogen and oxygen atoms in total. The zero-order valence-corrected chi connectivity index (χ0v) is 20.2. The molecule has 1 aliphatic rings. The molecule has 1 fully saturated rings. The molecule has 1 aromatic carbocycles. The number of aromatic nitrogens is 4. The molecule has 0 saturated heterocycles. The summed E-state index contributed by atoms with van der Waals surface area (Å²) in [6.07, 6.45) is 1.32. The van der Waals surface area contributed by atoms with Gasteiger partial charge in [-0.2, -0.15) is 5.26 Å². The number of aryl methyl sites for hydroxylation is 1. The van der Waals surface area contributed by atoms with Gasteiger partial charge in [-0.25, -0.2) is 9.48 Å². The summed E-state index contributed by atoms with van der Waals surface area (Å²) in [6.45, 7) is 3.57. The summed E-state index contributed by atoms with van der Waals surface area (Å²) in [5.74, 6) is 0.0825. The number of ether oxygens (including phenoxy) is 1. The molecule has 4 rings (SSSR count). The van der Waals surface area contributed by atoms with Crippen LogP contribution in [0.3, 0.4) is 0 Å². The lowest BCUT2D eigenvalue weighted by Crippen LogP contribution is -2.44. The number of rotatable bonds is 6. The van der Waals surface area contributed by atoms with E-state index < -0.39 is 17.6 Å². The van der Waals surface area contributed by atoms with E-state index in [0.29, 0.717) is 46.3 Å². The number of nitrogens with one attached hydrogen (secondary N) is 2. The fraction of sp³-hybridized carbons (Fsp3) is 0.333. The highest BCUT2D eigenvalue weighted by Gasteiger charge is 2.46. The van der Waals surface area contributed by atoms with E-state index in [1.165, 1.54) is 10.9 Å². The maximum atomic E-state index is 12.6.